The van der Waals surface area contributed by atoms with Crippen molar-refractivity contribution < 1.29 is 9.90 Å². The third kappa shape index (κ3) is 2.05. The standard InChI is InChI=1S/C19H22N2O2/c1-10(2)18-14-8-16-13(7-11(19(22)23)9-21(16)3)12-5-4-6-15(20-18)17(12)14/h4-7,10-11,16,20H,8-9H2,1-3H3,(H,22,23)/t11-,16-/m1/s1. The predicted molar refractivity (Wildman–Crippen MR) is 91.6 cm³/mol. The second kappa shape index (κ2) is 4.96. The SMILES string of the molecule is CC(C)c1[nH]c2cccc3c2c1C[C@@H]1C3=C[C@@H](C(=O)O)CN1C. The van der Waals surface area contributed by atoms with Gasteiger partial charge in [-0.3, -0.25) is 9.69 Å². The molecule has 1 aromatic heterocycles. The zero-order chi connectivity index (χ0) is 16.3. The molecule has 2 atom stereocenters. The van der Waals surface area contributed by atoms with Crippen molar-refractivity contribution in [3.05, 3.63) is 41.1 Å². The van der Waals surface area contributed by atoms with E-state index in [9.17, 15) is 9.90 Å². The summed E-state index contributed by atoms with van der Waals surface area (Å²) in [7, 11) is 2.04. The van der Waals surface area contributed by atoms with Crippen molar-refractivity contribution in [2.24, 2.45) is 5.92 Å². The summed E-state index contributed by atoms with van der Waals surface area (Å²) in [6.45, 7) is 5.02. The van der Waals surface area contributed by atoms with Crippen molar-refractivity contribution in [1.29, 1.82) is 0 Å². The highest BCUT2D eigenvalue weighted by Gasteiger charge is 2.36. The van der Waals surface area contributed by atoms with Crippen LogP contribution in [-0.2, 0) is 11.2 Å². The molecule has 0 unspecified atom stereocenters. The van der Waals surface area contributed by atoms with E-state index in [0.717, 1.165) is 6.42 Å². The molecular formula is C19H22N2O2. The van der Waals surface area contributed by atoms with Gasteiger partial charge in [-0.2, -0.15) is 0 Å². The fourth-order valence-electron chi connectivity index (χ4n) is 4.22. The molecule has 2 aromatic rings. The Hall–Kier alpha value is -2.07. The molecule has 0 saturated carbocycles. The van der Waals surface area contributed by atoms with E-state index in [0.29, 0.717) is 12.5 Å². The summed E-state index contributed by atoms with van der Waals surface area (Å²) in [5, 5.41) is 10.7. The number of rotatable bonds is 2. The zero-order valence-electron chi connectivity index (χ0n) is 13.8. The van der Waals surface area contributed by atoms with Gasteiger partial charge in [0.25, 0.3) is 0 Å². The average molecular weight is 310 g/mol. The van der Waals surface area contributed by atoms with Crippen LogP contribution in [0, 0.1) is 5.92 Å². The number of fused-ring (bicyclic) bond motifs is 2. The quantitative estimate of drug-likeness (QED) is 0.895. The minimum Gasteiger partial charge on any atom is -0.481 e. The van der Waals surface area contributed by atoms with Crippen molar-refractivity contribution >= 4 is 22.4 Å². The largest absolute Gasteiger partial charge is 0.481 e. The summed E-state index contributed by atoms with van der Waals surface area (Å²) in [6.07, 6.45) is 2.94. The molecule has 4 rings (SSSR count). The fraction of sp³-hybridized carbons (Fsp3) is 0.421. The Kier molecular flexibility index (Phi) is 3.13. The van der Waals surface area contributed by atoms with Gasteiger partial charge >= 0.3 is 5.97 Å². The molecule has 0 fully saturated rings. The lowest BCUT2D eigenvalue weighted by atomic mass is 9.78. The van der Waals surface area contributed by atoms with Crippen molar-refractivity contribution in [3.8, 4) is 0 Å². The highest BCUT2D eigenvalue weighted by Crippen LogP contribution is 2.43. The Balaban J connectivity index is 1.98. The predicted octanol–water partition coefficient (Wildman–Crippen LogP) is 3.25. The average Bonchev–Trinajstić information content (AvgIpc) is 2.88. The molecule has 120 valence electrons. The summed E-state index contributed by atoms with van der Waals surface area (Å²) >= 11 is 0. The van der Waals surface area contributed by atoms with Gasteiger partial charge in [-0.25, -0.2) is 0 Å². The Morgan fingerprint density at radius 1 is 1.39 bits per heavy atom. The van der Waals surface area contributed by atoms with Crippen LogP contribution in [0.1, 0.15) is 36.6 Å². The minimum absolute atomic E-state index is 0.275. The topological polar surface area (TPSA) is 56.3 Å². The van der Waals surface area contributed by atoms with Crippen molar-refractivity contribution in [1.82, 2.24) is 9.88 Å². The summed E-state index contributed by atoms with van der Waals surface area (Å²) < 4.78 is 0. The highest BCUT2D eigenvalue weighted by molar-refractivity contribution is 6.00. The van der Waals surface area contributed by atoms with E-state index in [4.69, 9.17) is 0 Å². The lowest BCUT2D eigenvalue weighted by Crippen LogP contribution is -2.44. The van der Waals surface area contributed by atoms with Crippen LogP contribution in [0.4, 0.5) is 0 Å². The lowest BCUT2D eigenvalue weighted by molar-refractivity contribution is -0.140. The summed E-state index contributed by atoms with van der Waals surface area (Å²) in [6, 6.07) is 6.60. The number of H-pyrrole nitrogens is 1. The Bertz CT molecular complexity index is 831. The van der Waals surface area contributed by atoms with E-state index in [-0.39, 0.29) is 6.04 Å². The van der Waals surface area contributed by atoms with Crippen LogP contribution in [0.2, 0.25) is 0 Å². The maximum absolute atomic E-state index is 11.5. The minimum atomic E-state index is -0.738. The Morgan fingerprint density at radius 3 is 2.87 bits per heavy atom. The first-order valence-electron chi connectivity index (χ1n) is 8.26. The van der Waals surface area contributed by atoms with Crippen LogP contribution in [0.15, 0.2) is 24.3 Å². The van der Waals surface area contributed by atoms with E-state index in [2.05, 4.69) is 41.9 Å². The number of benzene rings is 1. The molecule has 0 amide bonds. The molecule has 2 heterocycles. The molecule has 4 nitrogen and oxygen atoms in total. The monoisotopic (exact) mass is 310 g/mol. The third-order valence-corrected chi connectivity index (χ3v) is 5.32. The number of carboxylic acid groups (broad SMARTS) is 1. The van der Waals surface area contributed by atoms with Crippen molar-refractivity contribution in [3.63, 3.8) is 0 Å². The van der Waals surface area contributed by atoms with Gasteiger partial charge < -0.3 is 10.1 Å². The molecule has 0 spiro atoms. The van der Waals surface area contributed by atoms with E-state index in [1.54, 1.807) is 0 Å². The van der Waals surface area contributed by atoms with Gasteiger partial charge in [-0.05, 0) is 42.2 Å². The molecule has 2 N–H and O–H groups in total. The van der Waals surface area contributed by atoms with E-state index >= 15 is 0 Å². The van der Waals surface area contributed by atoms with Crippen molar-refractivity contribution in [2.75, 3.05) is 13.6 Å². The van der Waals surface area contributed by atoms with E-state index < -0.39 is 11.9 Å². The molecule has 23 heavy (non-hydrogen) atoms. The number of aromatic amines is 1. The molecule has 2 aliphatic rings. The maximum Gasteiger partial charge on any atom is 0.311 e. The van der Waals surface area contributed by atoms with Crippen LogP contribution >= 0.6 is 0 Å². The zero-order valence-corrected chi connectivity index (χ0v) is 13.8. The highest BCUT2D eigenvalue weighted by atomic mass is 16.4. The van der Waals surface area contributed by atoms with Gasteiger partial charge in [0.1, 0.15) is 0 Å². The second-order valence-electron chi connectivity index (χ2n) is 7.13. The number of nitrogens with one attached hydrogen (secondary N) is 1. The molecule has 1 aliphatic carbocycles. The van der Waals surface area contributed by atoms with Gasteiger partial charge in [-0.15, -0.1) is 0 Å². The Labute approximate surface area is 135 Å². The van der Waals surface area contributed by atoms with Gasteiger partial charge in [0, 0.05) is 29.2 Å². The van der Waals surface area contributed by atoms with Crippen LogP contribution in [-0.4, -0.2) is 40.6 Å². The number of carboxylic acids is 1. The van der Waals surface area contributed by atoms with E-state index in [1.165, 1.54) is 33.3 Å². The second-order valence-corrected chi connectivity index (χ2v) is 7.13. The van der Waals surface area contributed by atoms with Gasteiger partial charge in [0.15, 0.2) is 0 Å². The summed E-state index contributed by atoms with van der Waals surface area (Å²) in [5.41, 5.74) is 6.28. The molecule has 4 heteroatoms. The number of carbonyl (C=O) groups is 1. The smallest absolute Gasteiger partial charge is 0.311 e. The lowest BCUT2D eigenvalue weighted by Gasteiger charge is -2.39. The number of aliphatic carboxylic acids is 1. The summed E-state index contributed by atoms with van der Waals surface area (Å²) in [4.78, 5) is 17.3. The van der Waals surface area contributed by atoms with Crippen LogP contribution < -0.4 is 0 Å². The normalized spacial score (nSPS) is 23.9. The molecule has 0 bridgehead atoms. The first kappa shape index (κ1) is 14.5. The molecular weight excluding hydrogens is 288 g/mol. The molecule has 1 aliphatic heterocycles. The van der Waals surface area contributed by atoms with Crippen LogP contribution in [0.25, 0.3) is 16.5 Å². The number of nitrogens with zero attached hydrogens (tertiary/aromatic N) is 1. The van der Waals surface area contributed by atoms with Crippen molar-refractivity contribution in [2.45, 2.75) is 32.2 Å². The molecule has 0 saturated heterocycles. The van der Waals surface area contributed by atoms with Crippen LogP contribution in [0.3, 0.4) is 0 Å². The summed E-state index contributed by atoms with van der Waals surface area (Å²) in [5.74, 6) is -0.708. The molecule has 1 aromatic carbocycles. The van der Waals surface area contributed by atoms with Gasteiger partial charge in [0.2, 0.25) is 0 Å². The fourth-order valence-corrected chi connectivity index (χ4v) is 4.22. The first-order chi connectivity index (χ1) is 11.0. The third-order valence-electron chi connectivity index (χ3n) is 5.32. The van der Waals surface area contributed by atoms with Gasteiger partial charge in [-0.1, -0.05) is 32.1 Å². The number of aromatic nitrogens is 1. The first-order valence-corrected chi connectivity index (χ1v) is 8.26. The van der Waals surface area contributed by atoms with Crippen LogP contribution in [0.5, 0.6) is 0 Å². The number of hydrogen-bond donors (Lipinski definition) is 2. The maximum atomic E-state index is 11.5. The Morgan fingerprint density at radius 2 is 2.17 bits per heavy atom. The molecule has 0 radical (unpaired) electrons. The number of hydrogen-bond acceptors (Lipinski definition) is 2. The van der Waals surface area contributed by atoms with E-state index in [1.807, 2.05) is 13.1 Å². The van der Waals surface area contributed by atoms with Gasteiger partial charge in [0.05, 0.1) is 5.92 Å². The number of likely N-dealkylation sites (N-methyl/N-ethyl adjacent to an activating group) is 1.